The molecule has 0 spiro atoms. The van der Waals surface area contributed by atoms with Crippen molar-refractivity contribution in [1.82, 2.24) is 0 Å². The molecule has 97 valence electrons. The van der Waals surface area contributed by atoms with Crippen molar-refractivity contribution in [2.75, 3.05) is 18.5 Å². The van der Waals surface area contributed by atoms with E-state index in [9.17, 15) is 0 Å². The van der Waals surface area contributed by atoms with Gasteiger partial charge in [0.1, 0.15) is 0 Å². The minimum absolute atomic E-state index is 0. The molecule has 0 aromatic rings. The third-order valence-corrected chi connectivity index (χ3v) is 5.33. The summed E-state index contributed by atoms with van der Waals surface area (Å²) in [6.07, 6.45) is 13.2. The smallest absolute Gasteiger partial charge is 0 e. The van der Waals surface area contributed by atoms with Gasteiger partial charge in [-0.15, -0.1) is 20.3 Å². The molecule has 0 aromatic carbocycles. The Labute approximate surface area is 115 Å². The van der Waals surface area contributed by atoms with Gasteiger partial charge in [-0.3, -0.25) is 0 Å². The van der Waals surface area contributed by atoms with E-state index in [2.05, 4.69) is 20.8 Å². The first-order valence-electron chi connectivity index (χ1n) is 6.07. The molecule has 0 nitrogen and oxygen atoms in total. The monoisotopic (exact) mass is 297 g/mol. The molecule has 0 rings (SSSR count). The molecule has 1 radical (unpaired) electrons. The molecule has 0 amide bonds. The molecule has 0 heterocycles. The van der Waals surface area contributed by atoms with Gasteiger partial charge in [0.2, 0.25) is 0 Å². The van der Waals surface area contributed by atoms with Crippen LogP contribution in [0.15, 0.2) is 0 Å². The Bertz CT molecular complexity index is 82.6. The van der Waals surface area contributed by atoms with Crippen LogP contribution in [-0.4, -0.2) is 18.5 Å². The number of rotatable bonds is 9. The number of hydrogen-bond acceptors (Lipinski definition) is 0. The molecule has 0 saturated heterocycles. The predicted octanol–water partition coefficient (Wildman–Crippen LogP) is 5.29. The van der Waals surface area contributed by atoms with Crippen molar-refractivity contribution in [3.63, 3.8) is 0 Å². The molecule has 0 aliphatic heterocycles. The predicted molar refractivity (Wildman–Crippen MR) is 73.5 cm³/mol. The van der Waals surface area contributed by atoms with Gasteiger partial charge >= 0.3 is 0 Å². The minimum Gasteiger partial charge on any atom is -0.147 e. The van der Waals surface area contributed by atoms with E-state index >= 15 is 0 Å². The van der Waals surface area contributed by atoms with E-state index in [1.807, 2.05) is 0 Å². The Kier molecular flexibility index (Phi) is 25.3. The van der Waals surface area contributed by atoms with Crippen LogP contribution < -0.4 is 0 Å². The Balaban J connectivity index is -0.000000720. The van der Waals surface area contributed by atoms with Gasteiger partial charge in [-0.1, -0.05) is 40.0 Å². The summed E-state index contributed by atoms with van der Waals surface area (Å²) in [7, 11) is 0.422. The van der Waals surface area contributed by atoms with E-state index in [1.54, 1.807) is 18.5 Å². The largest absolute Gasteiger partial charge is 0.147 e. The molecule has 0 aliphatic carbocycles. The summed E-state index contributed by atoms with van der Waals surface area (Å²) in [5, 5.41) is 0. The van der Waals surface area contributed by atoms with Crippen LogP contribution in [0.25, 0.3) is 0 Å². The van der Waals surface area contributed by atoms with Gasteiger partial charge < -0.3 is 0 Å². The summed E-state index contributed by atoms with van der Waals surface area (Å²) in [6.45, 7) is 6.94. The van der Waals surface area contributed by atoms with Crippen molar-refractivity contribution in [3.05, 3.63) is 0 Å². The first kappa shape index (κ1) is 21.5. The summed E-state index contributed by atoms with van der Waals surface area (Å²) in [4.78, 5) is 0. The fraction of sp³-hybridized carbons (Fsp3) is 1.00. The van der Waals surface area contributed by atoms with E-state index in [4.69, 9.17) is 0 Å². The molecule has 0 N–H and O–H groups in total. The SMILES string of the molecule is CCCCP(CCCC)CCCC.Cl.[Co]. The molecule has 0 bridgehead atoms. The molecular weight excluding hydrogens is 269 g/mol. The fourth-order valence-electron chi connectivity index (χ4n) is 1.48. The molecule has 0 fully saturated rings. The zero-order valence-electron chi connectivity index (χ0n) is 10.6. The van der Waals surface area contributed by atoms with Crippen LogP contribution in [-0.2, 0) is 16.8 Å². The van der Waals surface area contributed by atoms with E-state index in [-0.39, 0.29) is 29.2 Å². The maximum atomic E-state index is 2.31. The first-order chi connectivity index (χ1) is 6.35. The van der Waals surface area contributed by atoms with E-state index in [1.165, 1.54) is 38.5 Å². The topological polar surface area (TPSA) is 0 Å². The van der Waals surface area contributed by atoms with Crippen LogP contribution >= 0.6 is 20.3 Å². The second kappa shape index (κ2) is 17.6. The first-order valence-corrected chi connectivity index (χ1v) is 7.97. The second-order valence-corrected chi connectivity index (χ2v) is 6.59. The summed E-state index contributed by atoms with van der Waals surface area (Å²) in [5.74, 6) is 0. The summed E-state index contributed by atoms with van der Waals surface area (Å²) < 4.78 is 0. The molecule has 15 heavy (non-hydrogen) atoms. The maximum absolute atomic E-state index is 2.31. The van der Waals surface area contributed by atoms with Crippen molar-refractivity contribution < 1.29 is 16.8 Å². The molecule has 0 saturated carbocycles. The van der Waals surface area contributed by atoms with Crippen molar-refractivity contribution in [2.45, 2.75) is 59.3 Å². The van der Waals surface area contributed by atoms with Gasteiger partial charge in [0.05, 0.1) is 0 Å². The van der Waals surface area contributed by atoms with Crippen molar-refractivity contribution in [3.8, 4) is 0 Å². The Morgan fingerprint density at radius 1 is 0.667 bits per heavy atom. The zero-order chi connectivity index (χ0) is 9.94. The average Bonchev–Trinajstić information content (AvgIpc) is 2.17. The Hall–Kier alpha value is 1.23. The minimum atomic E-state index is 0. The third-order valence-electron chi connectivity index (χ3n) is 2.48. The Morgan fingerprint density at radius 2 is 0.933 bits per heavy atom. The fourth-order valence-corrected chi connectivity index (χ4v) is 4.44. The van der Waals surface area contributed by atoms with E-state index < -0.39 is 0 Å². The summed E-state index contributed by atoms with van der Waals surface area (Å²) >= 11 is 0. The standard InChI is InChI=1S/C12H27P.ClH.Co/c1-4-7-10-13(11-8-5-2)12-9-6-3;;/h4-12H2,1-3H3;1H;. The molecule has 0 aliphatic rings. The van der Waals surface area contributed by atoms with Gasteiger partial charge in [-0.05, 0) is 37.7 Å². The maximum Gasteiger partial charge on any atom is 0 e. The van der Waals surface area contributed by atoms with Crippen molar-refractivity contribution >= 4 is 20.3 Å². The van der Waals surface area contributed by atoms with Crippen molar-refractivity contribution in [2.24, 2.45) is 0 Å². The van der Waals surface area contributed by atoms with Crippen LogP contribution in [0.5, 0.6) is 0 Å². The normalized spacial score (nSPS) is 9.60. The summed E-state index contributed by atoms with van der Waals surface area (Å²) in [6, 6.07) is 0. The number of hydrogen-bond donors (Lipinski definition) is 0. The zero-order valence-corrected chi connectivity index (χ0v) is 13.3. The molecule has 0 unspecified atom stereocenters. The van der Waals surface area contributed by atoms with Crippen LogP contribution in [0.2, 0.25) is 0 Å². The van der Waals surface area contributed by atoms with Gasteiger partial charge in [-0.25, -0.2) is 0 Å². The van der Waals surface area contributed by atoms with Gasteiger partial charge in [0.25, 0.3) is 0 Å². The van der Waals surface area contributed by atoms with Gasteiger partial charge in [0.15, 0.2) is 0 Å². The van der Waals surface area contributed by atoms with Crippen LogP contribution in [0.4, 0.5) is 0 Å². The van der Waals surface area contributed by atoms with Crippen LogP contribution in [0.1, 0.15) is 59.3 Å². The van der Waals surface area contributed by atoms with E-state index in [0.29, 0.717) is 7.92 Å². The second-order valence-electron chi connectivity index (χ2n) is 3.90. The quantitative estimate of drug-likeness (QED) is 0.507. The van der Waals surface area contributed by atoms with E-state index in [0.717, 1.165) is 0 Å². The van der Waals surface area contributed by atoms with Crippen LogP contribution in [0, 0.1) is 0 Å². The molecule has 0 atom stereocenters. The molecule has 3 heteroatoms. The summed E-state index contributed by atoms with van der Waals surface area (Å²) in [5.41, 5.74) is 0. The van der Waals surface area contributed by atoms with Crippen LogP contribution in [0.3, 0.4) is 0 Å². The molecule has 0 aromatic heterocycles. The molecular formula is C12H28ClCoP. The third kappa shape index (κ3) is 15.2. The van der Waals surface area contributed by atoms with Gasteiger partial charge in [-0.2, -0.15) is 0 Å². The van der Waals surface area contributed by atoms with Gasteiger partial charge in [0, 0.05) is 16.8 Å². The Morgan fingerprint density at radius 3 is 1.13 bits per heavy atom. The number of halogens is 1. The van der Waals surface area contributed by atoms with Crippen molar-refractivity contribution in [1.29, 1.82) is 0 Å². The number of unbranched alkanes of at least 4 members (excludes halogenated alkanes) is 3. The average molecular weight is 298 g/mol.